The summed E-state index contributed by atoms with van der Waals surface area (Å²) in [5.74, 6) is 0.376. The highest BCUT2D eigenvalue weighted by molar-refractivity contribution is 6.31. The van der Waals surface area contributed by atoms with Gasteiger partial charge in [-0.15, -0.1) is 0 Å². The highest BCUT2D eigenvalue weighted by atomic mass is 35.5. The topological polar surface area (TPSA) is 38.3 Å². The van der Waals surface area contributed by atoms with E-state index in [0.717, 1.165) is 5.56 Å². The van der Waals surface area contributed by atoms with E-state index in [1.807, 2.05) is 6.92 Å². The molecule has 0 heterocycles. The lowest BCUT2D eigenvalue weighted by Crippen LogP contribution is -2.30. The highest BCUT2D eigenvalue weighted by Gasteiger charge is 2.15. The molecule has 110 valence electrons. The summed E-state index contributed by atoms with van der Waals surface area (Å²) < 4.78 is 5.61. The first-order chi connectivity index (χ1) is 9.95. The quantitative estimate of drug-likeness (QED) is 0.885. The minimum Gasteiger partial charge on any atom is -0.481 e. The SMILES string of the molecule is Cc1cc(OC(C)C(=O)Nc2ccc(Cl)cc2)ccc1Cl. The summed E-state index contributed by atoms with van der Waals surface area (Å²) in [6.07, 6.45) is -0.624. The average molecular weight is 324 g/mol. The second-order valence-corrected chi connectivity index (χ2v) is 5.51. The van der Waals surface area contributed by atoms with Gasteiger partial charge in [0.25, 0.3) is 5.91 Å². The van der Waals surface area contributed by atoms with Crippen LogP contribution in [0.1, 0.15) is 12.5 Å². The van der Waals surface area contributed by atoms with Crippen LogP contribution in [0.3, 0.4) is 0 Å². The first-order valence-corrected chi connectivity index (χ1v) is 7.20. The lowest BCUT2D eigenvalue weighted by atomic mass is 10.2. The molecule has 2 rings (SSSR count). The molecule has 0 spiro atoms. The van der Waals surface area contributed by atoms with Gasteiger partial charge in [0.2, 0.25) is 0 Å². The number of nitrogens with one attached hydrogen (secondary N) is 1. The van der Waals surface area contributed by atoms with Crippen molar-refractivity contribution in [3.63, 3.8) is 0 Å². The van der Waals surface area contributed by atoms with E-state index in [9.17, 15) is 4.79 Å². The van der Waals surface area contributed by atoms with Crippen molar-refractivity contribution in [2.24, 2.45) is 0 Å². The molecule has 1 unspecified atom stereocenters. The Morgan fingerprint density at radius 2 is 1.81 bits per heavy atom. The molecule has 0 saturated heterocycles. The van der Waals surface area contributed by atoms with Crippen LogP contribution >= 0.6 is 23.2 Å². The Morgan fingerprint density at radius 3 is 2.43 bits per heavy atom. The molecular weight excluding hydrogens is 309 g/mol. The Morgan fingerprint density at radius 1 is 1.14 bits per heavy atom. The van der Waals surface area contributed by atoms with Crippen LogP contribution < -0.4 is 10.1 Å². The van der Waals surface area contributed by atoms with Crippen molar-refractivity contribution < 1.29 is 9.53 Å². The molecule has 0 saturated carbocycles. The lowest BCUT2D eigenvalue weighted by molar-refractivity contribution is -0.122. The monoisotopic (exact) mass is 323 g/mol. The fraction of sp³-hybridized carbons (Fsp3) is 0.188. The summed E-state index contributed by atoms with van der Waals surface area (Å²) in [5, 5.41) is 4.05. The van der Waals surface area contributed by atoms with Gasteiger partial charge in [-0.1, -0.05) is 23.2 Å². The third kappa shape index (κ3) is 4.38. The van der Waals surface area contributed by atoms with Crippen LogP contribution in [0.15, 0.2) is 42.5 Å². The molecule has 21 heavy (non-hydrogen) atoms. The molecule has 1 atom stereocenters. The summed E-state index contributed by atoms with van der Waals surface area (Å²) in [4.78, 5) is 12.1. The van der Waals surface area contributed by atoms with Gasteiger partial charge in [0, 0.05) is 15.7 Å². The van der Waals surface area contributed by atoms with Gasteiger partial charge in [-0.25, -0.2) is 0 Å². The number of carbonyl (C=O) groups excluding carboxylic acids is 1. The van der Waals surface area contributed by atoms with Crippen molar-refractivity contribution in [2.45, 2.75) is 20.0 Å². The van der Waals surface area contributed by atoms with Crippen molar-refractivity contribution in [1.82, 2.24) is 0 Å². The van der Waals surface area contributed by atoms with Crippen molar-refractivity contribution in [3.8, 4) is 5.75 Å². The maximum atomic E-state index is 12.1. The Kier molecular flexibility index (Phi) is 5.10. The Labute approximate surface area is 133 Å². The number of hydrogen-bond acceptors (Lipinski definition) is 2. The zero-order chi connectivity index (χ0) is 15.4. The van der Waals surface area contributed by atoms with Gasteiger partial charge in [-0.3, -0.25) is 4.79 Å². The molecule has 1 amide bonds. The van der Waals surface area contributed by atoms with Crippen LogP contribution in [-0.4, -0.2) is 12.0 Å². The van der Waals surface area contributed by atoms with Crippen LogP contribution in [0.5, 0.6) is 5.75 Å². The van der Waals surface area contributed by atoms with Gasteiger partial charge in [-0.2, -0.15) is 0 Å². The number of rotatable bonds is 4. The standard InChI is InChI=1S/C16H15Cl2NO2/c1-10-9-14(7-8-15(10)18)21-11(2)16(20)19-13-5-3-12(17)4-6-13/h3-9,11H,1-2H3,(H,19,20). The van der Waals surface area contributed by atoms with E-state index in [1.165, 1.54) is 0 Å². The summed E-state index contributed by atoms with van der Waals surface area (Å²) in [6.45, 7) is 3.57. The van der Waals surface area contributed by atoms with E-state index in [1.54, 1.807) is 49.4 Å². The number of carbonyl (C=O) groups is 1. The largest absolute Gasteiger partial charge is 0.481 e. The summed E-state index contributed by atoms with van der Waals surface area (Å²) >= 11 is 11.8. The zero-order valence-electron chi connectivity index (χ0n) is 11.7. The minimum absolute atomic E-state index is 0.232. The van der Waals surface area contributed by atoms with Crippen molar-refractivity contribution in [2.75, 3.05) is 5.32 Å². The minimum atomic E-state index is -0.624. The number of benzene rings is 2. The molecule has 3 nitrogen and oxygen atoms in total. The van der Waals surface area contributed by atoms with Crippen LogP contribution in [0, 0.1) is 6.92 Å². The van der Waals surface area contributed by atoms with E-state index < -0.39 is 6.10 Å². The van der Waals surface area contributed by atoms with Crippen LogP contribution in [0.4, 0.5) is 5.69 Å². The Balaban J connectivity index is 1.98. The van der Waals surface area contributed by atoms with Crippen molar-refractivity contribution in [1.29, 1.82) is 0 Å². The smallest absolute Gasteiger partial charge is 0.265 e. The van der Waals surface area contributed by atoms with E-state index in [0.29, 0.717) is 21.5 Å². The van der Waals surface area contributed by atoms with Gasteiger partial charge in [0.15, 0.2) is 6.10 Å². The second-order valence-electron chi connectivity index (χ2n) is 4.67. The molecule has 0 bridgehead atoms. The number of aryl methyl sites for hydroxylation is 1. The predicted molar refractivity (Wildman–Crippen MR) is 86.4 cm³/mol. The highest BCUT2D eigenvalue weighted by Crippen LogP contribution is 2.22. The summed E-state index contributed by atoms with van der Waals surface area (Å²) in [7, 11) is 0. The van der Waals surface area contributed by atoms with Crippen LogP contribution in [0.25, 0.3) is 0 Å². The number of amides is 1. The third-order valence-electron chi connectivity index (χ3n) is 2.92. The number of ether oxygens (including phenoxy) is 1. The predicted octanol–water partition coefficient (Wildman–Crippen LogP) is 4.71. The van der Waals surface area contributed by atoms with Gasteiger partial charge in [0.05, 0.1) is 0 Å². The van der Waals surface area contributed by atoms with Crippen molar-refractivity contribution in [3.05, 3.63) is 58.1 Å². The lowest BCUT2D eigenvalue weighted by Gasteiger charge is -2.15. The van der Waals surface area contributed by atoms with Crippen LogP contribution in [0.2, 0.25) is 10.0 Å². The van der Waals surface area contributed by atoms with Gasteiger partial charge in [0.1, 0.15) is 5.75 Å². The summed E-state index contributed by atoms with van der Waals surface area (Å²) in [5.41, 5.74) is 1.58. The molecule has 1 N–H and O–H groups in total. The van der Waals surface area contributed by atoms with Gasteiger partial charge < -0.3 is 10.1 Å². The fourth-order valence-corrected chi connectivity index (χ4v) is 1.97. The fourth-order valence-electron chi connectivity index (χ4n) is 1.73. The molecule has 2 aromatic carbocycles. The average Bonchev–Trinajstić information content (AvgIpc) is 2.45. The second kappa shape index (κ2) is 6.83. The molecule has 0 aliphatic heterocycles. The third-order valence-corrected chi connectivity index (χ3v) is 3.60. The first kappa shape index (κ1) is 15.7. The molecule has 2 aromatic rings. The molecule has 0 aliphatic carbocycles. The number of anilines is 1. The molecule has 0 aliphatic rings. The van der Waals surface area contributed by atoms with E-state index in [4.69, 9.17) is 27.9 Å². The summed E-state index contributed by atoms with van der Waals surface area (Å²) in [6, 6.07) is 12.2. The molecular formula is C16H15Cl2NO2. The zero-order valence-corrected chi connectivity index (χ0v) is 13.2. The van der Waals surface area contributed by atoms with Crippen molar-refractivity contribution >= 4 is 34.8 Å². The van der Waals surface area contributed by atoms with Gasteiger partial charge >= 0.3 is 0 Å². The maximum Gasteiger partial charge on any atom is 0.265 e. The molecule has 0 fully saturated rings. The molecule has 0 radical (unpaired) electrons. The van der Waals surface area contributed by atoms with Crippen LogP contribution in [-0.2, 0) is 4.79 Å². The first-order valence-electron chi connectivity index (χ1n) is 6.45. The Hall–Kier alpha value is -1.71. The van der Waals surface area contributed by atoms with E-state index in [-0.39, 0.29) is 5.91 Å². The Bertz CT molecular complexity index is 641. The number of hydrogen-bond donors (Lipinski definition) is 1. The molecule has 5 heteroatoms. The molecule has 0 aromatic heterocycles. The number of halogens is 2. The van der Waals surface area contributed by atoms with E-state index >= 15 is 0 Å². The normalized spacial score (nSPS) is 11.8. The maximum absolute atomic E-state index is 12.1. The van der Waals surface area contributed by atoms with Gasteiger partial charge in [-0.05, 0) is 61.9 Å². The van der Waals surface area contributed by atoms with E-state index in [2.05, 4.69) is 5.32 Å².